The summed E-state index contributed by atoms with van der Waals surface area (Å²) in [7, 11) is 1.24. The predicted molar refractivity (Wildman–Crippen MR) is 93.9 cm³/mol. The monoisotopic (exact) mass is 374 g/mol. The molecule has 0 radical (unpaired) electrons. The zero-order chi connectivity index (χ0) is 20.3. The molecule has 0 unspecified atom stereocenters. The molecule has 1 atom stereocenters. The van der Waals surface area contributed by atoms with Gasteiger partial charge in [-0.25, -0.2) is 9.59 Å². The van der Waals surface area contributed by atoms with Crippen molar-refractivity contribution >= 4 is 23.4 Å². The number of aromatic amines is 1. The van der Waals surface area contributed by atoms with E-state index in [1.807, 2.05) is 0 Å². The first-order valence-electron chi connectivity index (χ1n) is 7.94. The maximum Gasteiger partial charge on any atom is 0.339 e. The number of hydrogen-bond acceptors (Lipinski definition) is 7. The third-order valence-electron chi connectivity index (χ3n) is 4.02. The summed E-state index contributed by atoms with van der Waals surface area (Å²) in [6.07, 6.45) is -1.17. The Kier molecular flexibility index (Phi) is 5.74. The van der Waals surface area contributed by atoms with Crippen LogP contribution in [0.5, 0.6) is 0 Å². The number of carbonyl (C=O) groups excluding carboxylic acids is 3. The molecule has 2 aromatic rings. The molecule has 1 aromatic heterocycles. The number of ether oxygens (including phenoxy) is 2. The highest BCUT2D eigenvalue weighted by Gasteiger charge is 2.27. The maximum atomic E-state index is 12.6. The molecule has 0 amide bonds. The van der Waals surface area contributed by atoms with E-state index in [0.717, 1.165) is 6.07 Å². The number of aryl methyl sites for hydroxylation is 1. The molecule has 0 saturated heterocycles. The highest BCUT2D eigenvalue weighted by atomic mass is 16.6. The number of carbonyl (C=O) groups is 3. The van der Waals surface area contributed by atoms with Gasteiger partial charge in [0.2, 0.25) is 5.78 Å². The molecule has 1 N–H and O–H groups in total. The molecule has 9 heteroatoms. The number of benzene rings is 1. The number of H-pyrrole nitrogens is 1. The number of aromatic nitrogens is 1. The lowest BCUT2D eigenvalue weighted by Crippen LogP contribution is -2.25. The lowest BCUT2D eigenvalue weighted by Gasteiger charge is -2.12. The van der Waals surface area contributed by atoms with E-state index in [2.05, 4.69) is 4.98 Å². The van der Waals surface area contributed by atoms with Crippen molar-refractivity contribution in [3.63, 3.8) is 0 Å². The van der Waals surface area contributed by atoms with Crippen LogP contribution < -0.4 is 0 Å². The zero-order valence-electron chi connectivity index (χ0n) is 15.2. The van der Waals surface area contributed by atoms with Crippen LogP contribution in [0.2, 0.25) is 0 Å². The number of nitro groups is 1. The third-order valence-corrected chi connectivity index (χ3v) is 4.02. The second kappa shape index (κ2) is 7.81. The zero-order valence-corrected chi connectivity index (χ0v) is 15.2. The number of non-ortho nitro benzene ring substituents is 1. The molecule has 27 heavy (non-hydrogen) atoms. The molecule has 1 heterocycles. The van der Waals surface area contributed by atoms with Crippen LogP contribution in [0.15, 0.2) is 24.3 Å². The summed E-state index contributed by atoms with van der Waals surface area (Å²) < 4.78 is 9.82. The smallest absolute Gasteiger partial charge is 0.339 e. The Hall–Kier alpha value is -3.49. The van der Waals surface area contributed by atoms with Gasteiger partial charge in [0.1, 0.15) is 0 Å². The van der Waals surface area contributed by atoms with E-state index in [1.165, 1.54) is 32.2 Å². The second-order valence-corrected chi connectivity index (χ2v) is 5.84. The molecule has 9 nitrogen and oxygen atoms in total. The maximum absolute atomic E-state index is 12.6. The lowest BCUT2D eigenvalue weighted by atomic mass is 10.1. The standard InChI is InChI=1S/C18H18N2O7/c1-9-14(18(23)26-4)10(2)19-15(9)16(21)11(3)27-17(22)12-6-5-7-13(8-12)20(24)25/h5-8,11,19H,1-4H3/t11-/m0/s1. The van der Waals surface area contributed by atoms with Gasteiger partial charge in [-0.2, -0.15) is 0 Å². The fraction of sp³-hybridized carbons (Fsp3) is 0.278. The van der Waals surface area contributed by atoms with Crippen LogP contribution in [0.3, 0.4) is 0 Å². The number of ketones is 1. The average molecular weight is 374 g/mol. The first-order valence-corrected chi connectivity index (χ1v) is 7.94. The molecular weight excluding hydrogens is 356 g/mol. The van der Waals surface area contributed by atoms with Crippen molar-refractivity contribution < 1.29 is 28.8 Å². The van der Waals surface area contributed by atoms with Crippen molar-refractivity contribution in [3.8, 4) is 0 Å². The predicted octanol–water partition coefficient (Wildman–Crippen LogP) is 2.75. The van der Waals surface area contributed by atoms with Gasteiger partial charge in [0.05, 0.1) is 28.9 Å². The molecule has 0 aliphatic carbocycles. The molecule has 0 bridgehead atoms. The normalized spacial score (nSPS) is 11.6. The van der Waals surface area contributed by atoms with Crippen LogP contribution in [0, 0.1) is 24.0 Å². The number of rotatable bonds is 6. The summed E-state index contributed by atoms with van der Waals surface area (Å²) in [6.45, 7) is 4.58. The van der Waals surface area contributed by atoms with E-state index >= 15 is 0 Å². The Bertz CT molecular complexity index is 930. The first kappa shape index (κ1) is 19.8. The number of Topliss-reactive ketones (excluding diaryl/α,β-unsaturated/α-hetero) is 1. The van der Waals surface area contributed by atoms with Crippen molar-refractivity contribution in [2.45, 2.75) is 26.9 Å². The van der Waals surface area contributed by atoms with Crippen LogP contribution in [0.1, 0.15) is 49.4 Å². The van der Waals surface area contributed by atoms with E-state index in [1.54, 1.807) is 13.8 Å². The number of nitrogens with zero attached hydrogens (tertiary/aromatic N) is 1. The summed E-state index contributed by atoms with van der Waals surface area (Å²) >= 11 is 0. The average Bonchev–Trinajstić information content (AvgIpc) is 2.94. The Balaban J connectivity index is 2.21. The fourth-order valence-corrected chi connectivity index (χ4v) is 2.64. The van der Waals surface area contributed by atoms with Crippen molar-refractivity contribution in [1.29, 1.82) is 0 Å². The molecule has 0 aliphatic rings. The van der Waals surface area contributed by atoms with Gasteiger partial charge in [0.25, 0.3) is 5.69 Å². The van der Waals surface area contributed by atoms with Crippen LogP contribution in [0.25, 0.3) is 0 Å². The highest BCUT2D eigenvalue weighted by Crippen LogP contribution is 2.21. The van der Waals surface area contributed by atoms with Gasteiger partial charge in [-0.3, -0.25) is 14.9 Å². The van der Waals surface area contributed by atoms with Gasteiger partial charge in [0, 0.05) is 17.8 Å². The van der Waals surface area contributed by atoms with E-state index in [-0.39, 0.29) is 22.5 Å². The van der Waals surface area contributed by atoms with Crippen molar-refractivity contribution in [2.24, 2.45) is 0 Å². The quantitative estimate of drug-likeness (QED) is 0.356. The first-order chi connectivity index (χ1) is 12.7. The van der Waals surface area contributed by atoms with Gasteiger partial charge in [-0.15, -0.1) is 0 Å². The van der Waals surface area contributed by atoms with E-state index in [4.69, 9.17) is 9.47 Å². The van der Waals surface area contributed by atoms with Crippen LogP contribution in [0.4, 0.5) is 5.69 Å². The summed E-state index contributed by atoms with van der Waals surface area (Å²) in [6, 6.07) is 5.01. The summed E-state index contributed by atoms with van der Waals surface area (Å²) in [5.74, 6) is -1.99. The van der Waals surface area contributed by atoms with Gasteiger partial charge in [-0.05, 0) is 32.4 Å². The van der Waals surface area contributed by atoms with E-state index < -0.39 is 28.7 Å². The minimum atomic E-state index is -1.17. The summed E-state index contributed by atoms with van der Waals surface area (Å²) in [5, 5.41) is 10.8. The lowest BCUT2D eigenvalue weighted by molar-refractivity contribution is -0.384. The number of nitro benzene ring substituents is 1. The van der Waals surface area contributed by atoms with Crippen molar-refractivity contribution in [3.05, 3.63) is 62.5 Å². The van der Waals surface area contributed by atoms with Crippen LogP contribution in [-0.2, 0) is 9.47 Å². The Morgan fingerprint density at radius 3 is 2.44 bits per heavy atom. The Morgan fingerprint density at radius 2 is 1.85 bits per heavy atom. The number of esters is 2. The largest absolute Gasteiger partial charge is 0.465 e. The molecule has 0 aliphatic heterocycles. The molecule has 0 fully saturated rings. The molecule has 0 saturated carbocycles. The fourth-order valence-electron chi connectivity index (χ4n) is 2.64. The molecular formula is C18H18N2O7. The number of methoxy groups -OCH3 is 1. The second-order valence-electron chi connectivity index (χ2n) is 5.84. The third kappa shape index (κ3) is 4.02. The van der Waals surface area contributed by atoms with Gasteiger partial charge in [-0.1, -0.05) is 6.07 Å². The molecule has 0 spiro atoms. The summed E-state index contributed by atoms with van der Waals surface area (Å²) in [4.78, 5) is 49.6. The minimum absolute atomic E-state index is 0.0431. The minimum Gasteiger partial charge on any atom is -0.465 e. The van der Waals surface area contributed by atoms with Crippen LogP contribution in [-0.4, -0.2) is 40.8 Å². The Morgan fingerprint density at radius 1 is 1.19 bits per heavy atom. The molecule has 142 valence electrons. The van der Waals surface area contributed by atoms with Gasteiger partial charge >= 0.3 is 11.9 Å². The molecule has 2 rings (SSSR count). The summed E-state index contributed by atoms with van der Waals surface area (Å²) in [5.41, 5.74) is 0.924. The topological polar surface area (TPSA) is 129 Å². The SMILES string of the molecule is COC(=O)c1c(C)[nH]c(C(=O)[C@H](C)OC(=O)c2cccc([N+](=O)[O-])c2)c1C. The molecule has 1 aromatic carbocycles. The number of hydrogen-bond donors (Lipinski definition) is 1. The van der Waals surface area contributed by atoms with Gasteiger partial charge in [0.15, 0.2) is 6.10 Å². The van der Waals surface area contributed by atoms with E-state index in [9.17, 15) is 24.5 Å². The number of nitrogens with one attached hydrogen (secondary N) is 1. The van der Waals surface area contributed by atoms with E-state index in [0.29, 0.717) is 11.3 Å². The van der Waals surface area contributed by atoms with Crippen LogP contribution >= 0.6 is 0 Å². The highest BCUT2D eigenvalue weighted by molar-refractivity contribution is 6.04. The van der Waals surface area contributed by atoms with Crippen molar-refractivity contribution in [1.82, 2.24) is 4.98 Å². The van der Waals surface area contributed by atoms with Crippen molar-refractivity contribution in [2.75, 3.05) is 7.11 Å². The Labute approximate surface area is 154 Å². The van der Waals surface area contributed by atoms with Gasteiger partial charge < -0.3 is 14.5 Å².